The summed E-state index contributed by atoms with van der Waals surface area (Å²) in [6, 6.07) is 12.1. The third-order valence-corrected chi connectivity index (χ3v) is 8.89. The zero-order valence-corrected chi connectivity index (χ0v) is 24.7. The maximum Gasteiger partial charge on any atom is 0.409 e. The highest BCUT2D eigenvalue weighted by Gasteiger charge is 2.30. The molecular formula is C29H34FN3O5S2. The Morgan fingerprint density at radius 3 is 2.45 bits per heavy atom. The number of carboxylic acid groups (broad SMARTS) is 1. The van der Waals surface area contributed by atoms with Crippen molar-refractivity contribution in [2.24, 2.45) is 0 Å². The van der Waals surface area contributed by atoms with Gasteiger partial charge < -0.3 is 19.5 Å². The number of thioether (sulfide) groups is 1. The third kappa shape index (κ3) is 7.52. The van der Waals surface area contributed by atoms with Gasteiger partial charge in [-0.3, -0.25) is 4.90 Å². The van der Waals surface area contributed by atoms with Gasteiger partial charge in [-0.1, -0.05) is 0 Å². The quantitative estimate of drug-likeness (QED) is 0.286. The van der Waals surface area contributed by atoms with Crippen LogP contribution >= 0.6 is 23.1 Å². The monoisotopic (exact) mass is 587 g/mol. The number of aliphatic carboxylic acids is 1. The van der Waals surface area contributed by atoms with Gasteiger partial charge in [0.05, 0.1) is 12.3 Å². The van der Waals surface area contributed by atoms with Crippen LogP contribution in [0.1, 0.15) is 36.9 Å². The molecule has 1 amide bonds. The summed E-state index contributed by atoms with van der Waals surface area (Å²) < 4.78 is 24.4. The molecule has 1 aliphatic rings. The number of rotatable bonds is 10. The molecule has 4 rings (SSSR count). The second-order valence-corrected chi connectivity index (χ2v) is 12.1. The Morgan fingerprint density at radius 2 is 1.82 bits per heavy atom. The number of carbonyl (C=O) groups is 2. The van der Waals surface area contributed by atoms with E-state index in [2.05, 4.69) is 4.90 Å². The van der Waals surface area contributed by atoms with E-state index in [0.29, 0.717) is 37.7 Å². The maximum atomic E-state index is 13.5. The maximum absolute atomic E-state index is 13.5. The van der Waals surface area contributed by atoms with Crippen LogP contribution in [-0.2, 0) is 21.8 Å². The van der Waals surface area contributed by atoms with E-state index in [1.807, 2.05) is 25.1 Å². The number of halogens is 1. The third-order valence-electron chi connectivity index (χ3n) is 6.54. The lowest BCUT2D eigenvalue weighted by Crippen LogP contribution is -2.48. The molecule has 40 heavy (non-hydrogen) atoms. The molecule has 1 aromatic heterocycles. The van der Waals surface area contributed by atoms with Gasteiger partial charge in [0.25, 0.3) is 0 Å². The fraction of sp³-hybridized carbons (Fsp3) is 0.414. The SMILES string of the molecule is CCOC(=O)N1CCN(Cc2nc(-c3ccc(F)cc3)sc2CSc2ccc(OC(C)(C)C(=O)O)c(C)c2)CC1. The van der Waals surface area contributed by atoms with Gasteiger partial charge in [0, 0.05) is 53.8 Å². The number of aryl methyl sites for hydroxylation is 1. The topological polar surface area (TPSA) is 92.2 Å². The predicted molar refractivity (Wildman–Crippen MR) is 154 cm³/mol. The molecule has 0 saturated carbocycles. The van der Waals surface area contributed by atoms with Crippen LogP contribution in [0.4, 0.5) is 9.18 Å². The standard InChI is InChI=1S/C29H34FN3O5S2/c1-5-37-28(36)33-14-12-32(13-15-33)17-23-25(40-26(31-23)20-6-8-21(30)9-7-20)18-39-22-10-11-24(19(2)16-22)38-29(3,4)27(34)35/h6-11,16H,5,12-15,17-18H2,1-4H3,(H,34,35). The lowest BCUT2D eigenvalue weighted by atomic mass is 10.1. The lowest BCUT2D eigenvalue weighted by Gasteiger charge is -2.33. The molecule has 0 spiro atoms. The first-order chi connectivity index (χ1) is 19.1. The molecule has 1 N–H and O–H groups in total. The number of hydrogen-bond acceptors (Lipinski definition) is 8. The number of aromatic nitrogens is 1. The molecule has 2 aromatic carbocycles. The zero-order chi connectivity index (χ0) is 28.9. The highest BCUT2D eigenvalue weighted by atomic mass is 32.2. The average molecular weight is 588 g/mol. The summed E-state index contributed by atoms with van der Waals surface area (Å²) in [5.41, 5.74) is 1.38. The van der Waals surface area contributed by atoms with Crippen molar-refractivity contribution in [3.63, 3.8) is 0 Å². The van der Waals surface area contributed by atoms with Crippen LogP contribution in [0.3, 0.4) is 0 Å². The van der Waals surface area contributed by atoms with Gasteiger partial charge in [0.15, 0.2) is 5.60 Å². The number of hydrogen-bond donors (Lipinski definition) is 1. The van der Waals surface area contributed by atoms with E-state index in [9.17, 15) is 19.1 Å². The van der Waals surface area contributed by atoms with Crippen LogP contribution in [-0.4, -0.2) is 70.3 Å². The smallest absolute Gasteiger partial charge is 0.409 e. The van der Waals surface area contributed by atoms with Gasteiger partial charge >= 0.3 is 12.1 Å². The number of carbonyl (C=O) groups excluding carboxylic acids is 1. The van der Waals surface area contributed by atoms with Crippen molar-refractivity contribution >= 4 is 35.2 Å². The van der Waals surface area contributed by atoms with E-state index in [0.717, 1.165) is 44.7 Å². The zero-order valence-electron chi connectivity index (χ0n) is 23.1. The van der Waals surface area contributed by atoms with Crippen LogP contribution in [0, 0.1) is 12.7 Å². The summed E-state index contributed by atoms with van der Waals surface area (Å²) >= 11 is 3.27. The Morgan fingerprint density at radius 1 is 1.12 bits per heavy atom. The van der Waals surface area contributed by atoms with Crippen molar-refractivity contribution in [3.05, 3.63) is 64.4 Å². The molecule has 0 bridgehead atoms. The predicted octanol–water partition coefficient (Wildman–Crippen LogP) is 6.07. The molecule has 214 valence electrons. The van der Waals surface area contributed by atoms with Gasteiger partial charge in [-0.15, -0.1) is 23.1 Å². The molecule has 0 atom stereocenters. The minimum absolute atomic E-state index is 0.273. The van der Waals surface area contributed by atoms with Crippen LogP contribution in [0.2, 0.25) is 0 Å². The normalized spacial score (nSPS) is 14.3. The van der Waals surface area contributed by atoms with E-state index in [-0.39, 0.29) is 11.9 Å². The average Bonchev–Trinajstić information content (AvgIpc) is 3.32. The Labute approximate surface area is 242 Å². The highest BCUT2D eigenvalue weighted by Crippen LogP contribution is 2.35. The summed E-state index contributed by atoms with van der Waals surface area (Å²) in [6.07, 6.45) is -0.273. The van der Waals surface area contributed by atoms with Gasteiger partial charge in [-0.05, 0) is 75.7 Å². The van der Waals surface area contributed by atoms with Crippen LogP contribution < -0.4 is 4.74 Å². The van der Waals surface area contributed by atoms with E-state index in [1.54, 1.807) is 47.1 Å². The molecule has 0 radical (unpaired) electrons. The summed E-state index contributed by atoms with van der Waals surface area (Å²) in [6.45, 7) is 10.4. The summed E-state index contributed by atoms with van der Waals surface area (Å²) in [7, 11) is 0. The van der Waals surface area contributed by atoms with Crippen LogP contribution in [0.15, 0.2) is 47.4 Å². The first-order valence-corrected chi connectivity index (χ1v) is 14.9. The van der Waals surface area contributed by atoms with Crippen molar-refractivity contribution in [2.75, 3.05) is 32.8 Å². The van der Waals surface area contributed by atoms with E-state index < -0.39 is 11.6 Å². The molecule has 11 heteroatoms. The first-order valence-electron chi connectivity index (χ1n) is 13.1. The van der Waals surface area contributed by atoms with Gasteiger partial charge in [0.2, 0.25) is 0 Å². The Bertz CT molecular complexity index is 1340. The number of carboxylic acids is 1. The first kappa shape index (κ1) is 29.8. The summed E-state index contributed by atoms with van der Waals surface area (Å²) in [5, 5.41) is 10.2. The Kier molecular flexibility index (Phi) is 9.70. The van der Waals surface area contributed by atoms with E-state index >= 15 is 0 Å². The van der Waals surface area contributed by atoms with E-state index in [1.165, 1.54) is 26.0 Å². The van der Waals surface area contributed by atoms with Crippen LogP contribution in [0.5, 0.6) is 5.75 Å². The molecule has 1 aliphatic heterocycles. The van der Waals surface area contributed by atoms with Crippen molar-refractivity contribution in [1.29, 1.82) is 0 Å². The molecule has 0 aliphatic carbocycles. The number of amides is 1. The molecule has 0 unspecified atom stereocenters. The molecule has 1 saturated heterocycles. The van der Waals surface area contributed by atoms with Crippen molar-refractivity contribution < 1.29 is 28.6 Å². The van der Waals surface area contributed by atoms with Crippen molar-refractivity contribution in [3.8, 4) is 16.3 Å². The van der Waals surface area contributed by atoms with Gasteiger partial charge in [-0.2, -0.15) is 0 Å². The fourth-order valence-corrected chi connectivity index (χ4v) is 6.32. The minimum Gasteiger partial charge on any atom is -0.478 e. The van der Waals surface area contributed by atoms with Gasteiger partial charge in [-0.25, -0.2) is 19.0 Å². The van der Waals surface area contributed by atoms with Crippen LogP contribution in [0.25, 0.3) is 10.6 Å². The number of thiazole rings is 1. The van der Waals surface area contributed by atoms with Gasteiger partial charge in [0.1, 0.15) is 16.6 Å². The molecular weight excluding hydrogens is 553 g/mol. The Balaban J connectivity index is 1.48. The van der Waals surface area contributed by atoms with Crippen molar-refractivity contribution in [2.45, 2.75) is 50.5 Å². The number of benzene rings is 2. The number of ether oxygens (including phenoxy) is 2. The summed E-state index contributed by atoms with van der Waals surface area (Å²) in [5.74, 6) is -0.0829. The van der Waals surface area contributed by atoms with Crippen molar-refractivity contribution in [1.82, 2.24) is 14.8 Å². The number of nitrogens with zero attached hydrogens (tertiary/aromatic N) is 3. The number of piperazine rings is 1. The second kappa shape index (κ2) is 13.0. The molecule has 3 aromatic rings. The Hall–Kier alpha value is -3.15. The fourth-order valence-electron chi connectivity index (χ4n) is 4.14. The van der Waals surface area contributed by atoms with E-state index in [4.69, 9.17) is 14.5 Å². The highest BCUT2D eigenvalue weighted by molar-refractivity contribution is 7.98. The molecule has 2 heterocycles. The second-order valence-electron chi connectivity index (χ2n) is 9.99. The largest absolute Gasteiger partial charge is 0.478 e. The lowest BCUT2D eigenvalue weighted by molar-refractivity contribution is -0.152. The minimum atomic E-state index is -1.32. The summed E-state index contributed by atoms with van der Waals surface area (Å²) in [4.78, 5) is 34.7. The molecule has 1 fully saturated rings. The molecule has 8 nitrogen and oxygen atoms in total.